The first-order valence-corrected chi connectivity index (χ1v) is 4.97. The fourth-order valence-electron chi connectivity index (χ4n) is 1.70. The topological polar surface area (TPSA) is 61.2 Å². The summed E-state index contributed by atoms with van der Waals surface area (Å²) >= 11 is 0. The summed E-state index contributed by atoms with van der Waals surface area (Å²) in [4.78, 5) is 11.5. The number of benzene rings is 1. The second-order valence-electron chi connectivity index (χ2n) is 3.84. The summed E-state index contributed by atoms with van der Waals surface area (Å²) in [6, 6.07) is 5.70. The molecule has 0 aliphatic heterocycles. The van der Waals surface area contributed by atoms with Crippen molar-refractivity contribution < 1.29 is 4.42 Å². The van der Waals surface area contributed by atoms with Gasteiger partial charge in [-0.2, -0.15) is 0 Å². The molecule has 2 N–H and O–H groups in total. The first-order chi connectivity index (χ1) is 7.13. The van der Waals surface area contributed by atoms with Crippen molar-refractivity contribution in [1.29, 1.82) is 0 Å². The molecule has 0 aliphatic carbocycles. The standard InChI is InChI=1S/C11H14N2O2/c1-7(2)13-9-4-3-8(6-12)5-10(9)15-11(13)14/h3-5,7H,6,12H2,1-2H3. The molecule has 1 aromatic heterocycles. The fourth-order valence-corrected chi connectivity index (χ4v) is 1.70. The second kappa shape index (κ2) is 3.55. The quantitative estimate of drug-likeness (QED) is 0.812. The fraction of sp³-hybridized carbons (Fsp3) is 0.364. The molecule has 0 unspecified atom stereocenters. The Morgan fingerprint density at radius 1 is 1.47 bits per heavy atom. The number of nitrogens with two attached hydrogens (primary N) is 1. The van der Waals surface area contributed by atoms with E-state index in [4.69, 9.17) is 10.2 Å². The van der Waals surface area contributed by atoms with Gasteiger partial charge in [0.1, 0.15) is 0 Å². The third-order valence-electron chi connectivity index (χ3n) is 2.43. The molecule has 2 rings (SSSR count). The van der Waals surface area contributed by atoms with Gasteiger partial charge in [-0.25, -0.2) is 4.79 Å². The number of oxazole rings is 1. The molecule has 0 bridgehead atoms. The molecule has 0 saturated heterocycles. The minimum atomic E-state index is -0.311. The summed E-state index contributed by atoms with van der Waals surface area (Å²) in [6.07, 6.45) is 0. The molecule has 0 spiro atoms. The summed E-state index contributed by atoms with van der Waals surface area (Å²) in [5, 5.41) is 0. The van der Waals surface area contributed by atoms with E-state index in [1.807, 2.05) is 32.0 Å². The van der Waals surface area contributed by atoms with Gasteiger partial charge in [-0.1, -0.05) is 6.07 Å². The van der Waals surface area contributed by atoms with E-state index < -0.39 is 0 Å². The average Bonchev–Trinajstić information content (AvgIpc) is 2.52. The van der Waals surface area contributed by atoms with Crippen LogP contribution < -0.4 is 11.5 Å². The van der Waals surface area contributed by atoms with Crippen LogP contribution in [-0.2, 0) is 6.54 Å². The van der Waals surface area contributed by atoms with E-state index in [0.717, 1.165) is 11.1 Å². The van der Waals surface area contributed by atoms with Crippen LogP contribution >= 0.6 is 0 Å². The van der Waals surface area contributed by atoms with E-state index in [1.165, 1.54) is 0 Å². The Hall–Kier alpha value is -1.55. The third-order valence-corrected chi connectivity index (χ3v) is 2.43. The van der Waals surface area contributed by atoms with Gasteiger partial charge >= 0.3 is 5.76 Å². The number of hydrogen-bond donors (Lipinski definition) is 1. The highest BCUT2D eigenvalue weighted by molar-refractivity contribution is 5.73. The number of fused-ring (bicyclic) bond motifs is 1. The van der Waals surface area contributed by atoms with Gasteiger partial charge < -0.3 is 10.2 Å². The van der Waals surface area contributed by atoms with E-state index in [2.05, 4.69) is 0 Å². The molecule has 0 radical (unpaired) electrons. The lowest BCUT2D eigenvalue weighted by atomic mass is 10.2. The van der Waals surface area contributed by atoms with Crippen LogP contribution in [-0.4, -0.2) is 4.57 Å². The normalized spacial score (nSPS) is 11.5. The second-order valence-corrected chi connectivity index (χ2v) is 3.84. The molecule has 4 nitrogen and oxygen atoms in total. The van der Waals surface area contributed by atoms with Crippen LogP contribution in [0.15, 0.2) is 27.4 Å². The summed E-state index contributed by atoms with van der Waals surface area (Å²) < 4.78 is 6.79. The number of aromatic nitrogens is 1. The van der Waals surface area contributed by atoms with Crippen molar-refractivity contribution in [2.75, 3.05) is 0 Å². The highest BCUT2D eigenvalue weighted by Gasteiger charge is 2.11. The van der Waals surface area contributed by atoms with Crippen molar-refractivity contribution in [3.8, 4) is 0 Å². The van der Waals surface area contributed by atoms with Crippen LogP contribution in [0.5, 0.6) is 0 Å². The number of nitrogens with zero attached hydrogens (tertiary/aromatic N) is 1. The van der Waals surface area contributed by atoms with Crippen molar-refractivity contribution in [2.24, 2.45) is 5.73 Å². The Kier molecular flexibility index (Phi) is 2.36. The van der Waals surface area contributed by atoms with Gasteiger partial charge in [0.05, 0.1) is 5.52 Å². The molecule has 0 amide bonds. The largest absolute Gasteiger partial charge is 0.420 e. The van der Waals surface area contributed by atoms with Gasteiger partial charge in [0, 0.05) is 12.6 Å². The van der Waals surface area contributed by atoms with Crippen molar-refractivity contribution in [2.45, 2.75) is 26.4 Å². The molecule has 4 heteroatoms. The minimum absolute atomic E-state index is 0.0995. The van der Waals surface area contributed by atoms with Crippen LogP contribution in [0.25, 0.3) is 11.1 Å². The zero-order chi connectivity index (χ0) is 11.0. The Morgan fingerprint density at radius 2 is 2.20 bits per heavy atom. The predicted molar refractivity (Wildman–Crippen MR) is 58.8 cm³/mol. The van der Waals surface area contributed by atoms with Gasteiger partial charge in [0.25, 0.3) is 0 Å². The van der Waals surface area contributed by atoms with E-state index in [1.54, 1.807) is 4.57 Å². The lowest BCUT2D eigenvalue weighted by Gasteiger charge is -2.05. The molecular weight excluding hydrogens is 192 g/mol. The molecule has 2 aromatic rings. The molecule has 0 aliphatic rings. The molecule has 80 valence electrons. The maximum Gasteiger partial charge on any atom is 0.420 e. The Morgan fingerprint density at radius 3 is 2.80 bits per heavy atom. The Balaban J connectivity index is 2.74. The number of hydrogen-bond acceptors (Lipinski definition) is 3. The Bertz CT molecular complexity index is 537. The average molecular weight is 206 g/mol. The van der Waals surface area contributed by atoms with Crippen molar-refractivity contribution in [1.82, 2.24) is 4.57 Å². The van der Waals surface area contributed by atoms with Crippen molar-refractivity contribution >= 4 is 11.1 Å². The minimum Gasteiger partial charge on any atom is -0.408 e. The molecule has 15 heavy (non-hydrogen) atoms. The van der Waals surface area contributed by atoms with Crippen molar-refractivity contribution in [3.63, 3.8) is 0 Å². The molecule has 0 fully saturated rings. The summed E-state index contributed by atoms with van der Waals surface area (Å²) in [5.74, 6) is -0.311. The summed E-state index contributed by atoms with van der Waals surface area (Å²) in [5.41, 5.74) is 7.92. The van der Waals surface area contributed by atoms with Crippen molar-refractivity contribution in [3.05, 3.63) is 34.3 Å². The Labute approximate surface area is 87.3 Å². The summed E-state index contributed by atoms with van der Waals surface area (Å²) in [6.45, 7) is 4.35. The smallest absolute Gasteiger partial charge is 0.408 e. The van der Waals surface area contributed by atoms with Gasteiger partial charge in [-0.3, -0.25) is 4.57 Å². The molecule has 0 saturated carbocycles. The number of rotatable bonds is 2. The SMILES string of the molecule is CC(C)n1c(=O)oc2cc(CN)ccc21. The van der Waals surface area contributed by atoms with Gasteiger partial charge in [0.2, 0.25) is 0 Å². The molecular formula is C11H14N2O2. The van der Waals surface area contributed by atoms with Gasteiger partial charge in [-0.15, -0.1) is 0 Å². The third kappa shape index (κ3) is 1.57. The lowest BCUT2D eigenvalue weighted by molar-refractivity contribution is 0.478. The maximum atomic E-state index is 11.5. The molecule has 1 heterocycles. The molecule has 1 aromatic carbocycles. The van der Waals surface area contributed by atoms with Crippen LogP contribution in [0.3, 0.4) is 0 Å². The van der Waals surface area contributed by atoms with Gasteiger partial charge in [0.15, 0.2) is 5.58 Å². The van der Waals surface area contributed by atoms with Crippen LogP contribution in [0.2, 0.25) is 0 Å². The van der Waals surface area contributed by atoms with E-state index in [9.17, 15) is 4.79 Å². The first-order valence-electron chi connectivity index (χ1n) is 4.97. The van der Waals surface area contributed by atoms with Crippen LogP contribution in [0.1, 0.15) is 25.5 Å². The predicted octanol–water partition coefficient (Wildman–Crippen LogP) is 1.63. The van der Waals surface area contributed by atoms with E-state index >= 15 is 0 Å². The lowest BCUT2D eigenvalue weighted by Crippen LogP contribution is -2.15. The monoisotopic (exact) mass is 206 g/mol. The summed E-state index contributed by atoms with van der Waals surface area (Å²) in [7, 11) is 0. The molecule has 0 atom stereocenters. The van der Waals surface area contributed by atoms with Gasteiger partial charge in [-0.05, 0) is 31.5 Å². The van der Waals surface area contributed by atoms with E-state index in [0.29, 0.717) is 12.1 Å². The van der Waals surface area contributed by atoms with E-state index in [-0.39, 0.29) is 11.8 Å². The zero-order valence-corrected chi connectivity index (χ0v) is 8.86. The first kappa shape index (κ1) is 9.98. The maximum absolute atomic E-state index is 11.5. The van der Waals surface area contributed by atoms with Crippen LogP contribution in [0.4, 0.5) is 0 Å². The van der Waals surface area contributed by atoms with Crippen LogP contribution in [0, 0.1) is 0 Å². The highest BCUT2D eigenvalue weighted by atomic mass is 16.4. The zero-order valence-electron chi connectivity index (χ0n) is 8.86. The highest BCUT2D eigenvalue weighted by Crippen LogP contribution is 2.17.